The summed E-state index contributed by atoms with van der Waals surface area (Å²) in [4.78, 5) is 30.1. The standard InChI is InChI=1S/C23H19N3O4S2/c1-13-3-5-14(6-4-13)16-10-31-21-20(16)25-23(26(2)22(21)28)32-11-19(27)24-15-7-8-17-18(9-15)30-12-29-17/h3-10H,11-12H2,1-2H3,(H,24,27). The zero-order valence-electron chi connectivity index (χ0n) is 17.4. The number of aryl methyl sites for hydroxylation is 1. The molecule has 3 heterocycles. The number of anilines is 1. The van der Waals surface area contributed by atoms with Gasteiger partial charge in [-0.1, -0.05) is 41.6 Å². The van der Waals surface area contributed by atoms with Gasteiger partial charge in [0.25, 0.3) is 5.56 Å². The molecule has 1 aliphatic heterocycles. The third-order valence-corrected chi connectivity index (χ3v) is 7.10. The first-order chi connectivity index (χ1) is 15.5. The van der Waals surface area contributed by atoms with Crippen LogP contribution in [0, 0.1) is 6.92 Å². The average Bonchev–Trinajstić information content (AvgIpc) is 3.42. The van der Waals surface area contributed by atoms with Gasteiger partial charge in [0.2, 0.25) is 12.7 Å². The molecule has 0 fully saturated rings. The van der Waals surface area contributed by atoms with Crippen LogP contribution >= 0.6 is 23.1 Å². The van der Waals surface area contributed by atoms with Gasteiger partial charge in [-0.3, -0.25) is 14.2 Å². The smallest absolute Gasteiger partial charge is 0.271 e. The number of carbonyl (C=O) groups excluding carboxylic acids is 1. The van der Waals surface area contributed by atoms with Crippen LogP contribution in [0.5, 0.6) is 11.5 Å². The molecule has 0 radical (unpaired) electrons. The molecule has 0 saturated carbocycles. The molecule has 32 heavy (non-hydrogen) atoms. The zero-order valence-corrected chi connectivity index (χ0v) is 19.0. The average molecular weight is 466 g/mol. The Hall–Kier alpha value is -3.30. The predicted molar refractivity (Wildman–Crippen MR) is 127 cm³/mol. The van der Waals surface area contributed by atoms with Crippen molar-refractivity contribution in [3.8, 4) is 22.6 Å². The highest BCUT2D eigenvalue weighted by molar-refractivity contribution is 7.99. The van der Waals surface area contributed by atoms with Crippen LogP contribution in [0.1, 0.15) is 5.56 Å². The number of nitrogens with one attached hydrogen (secondary N) is 1. The van der Waals surface area contributed by atoms with E-state index in [1.54, 1.807) is 25.2 Å². The molecule has 162 valence electrons. The van der Waals surface area contributed by atoms with E-state index in [0.717, 1.165) is 11.1 Å². The minimum atomic E-state index is -0.202. The van der Waals surface area contributed by atoms with E-state index >= 15 is 0 Å². The van der Waals surface area contributed by atoms with Gasteiger partial charge in [-0.05, 0) is 24.6 Å². The zero-order chi connectivity index (χ0) is 22.2. The number of rotatable bonds is 5. The van der Waals surface area contributed by atoms with Crippen molar-refractivity contribution < 1.29 is 14.3 Å². The van der Waals surface area contributed by atoms with Gasteiger partial charge in [-0.25, -0.2) is 4.98 Å². The van der Waals surface area contributed by atoms with E-state index in [-0.39, 0.29) is 24.0 Å². The molecular formula is C23H19N3O4S2. The summed E-state index contributed by atoms with van der Waals surface area (Å²) in [6, 6.07) is 13.4. The lowest BCUT2D eigenvalue weighted by atomic mass is 10.1. The van der Waals surface area contributed by atoms with Gasteiger partial charge in [0.15, 0.2) is 16.7 Å². The molecule has 2 aromatic carbocycles. The van der Waals surface area contributed by atoms with E-state index in [0.29, 0.717) is 32.6 Å². The number of hydrogen-bond donors (Lipinski definition) is 1. The van der Waals surface area contributed by atoms with Crippen LogP contribution < -0.4 is 20.3 Å². The second-order valence-electron chi connectivity index (χ2n) is 7.36. The first-order valence-corrected chi connectivity index (χ1v) is 11.7. The van der Waals surface area contributed by atoms with Crippen molar-refractivity contribution in [2.24, 2.45) is 7.05 Å². The maximum Gasteiger partial charge on any atom is 0.271 e. The van der Waals surface area contributed by atoms with E-state index in [4.69, 9.17) is 14.5 Å². The van der Waals surface area contributed by atoms with E-state index in [2.05, 4.69) is 5.32 Å². The third kappa shape index (κ3) is 3.85. The second-order valence-corrected chi connectivity index (χ2v) is 9.18. The summed E-state index contributed by atoms with van der Waals surface area (Å²) in [5, 5.41) is 5.30. The number of benzene rings is 2. The van der Waals surface area contributed by atoms with Crippen LogP contribution in [0.15, 0.2) is 57.8 Å². The quantitative estimate of drug-likeness (QED) is 0.347. The summed E-state index contributed by atoms with van der Waals surface area (Å²) in [6.07, 6.45) is 0. The predicted octanol–water partition coefficient (Wildman–Crippen LogP) is 4.43. The third-order valence-electron chi connectivity index (χ3n) is 5.11. The fourth-order valence-corrected chi connectivity index (χ4v) is 5.15. The molecule has 0 saturated heterocycles. The van der Waals surface area contributed by atoms with Crippen LogP contribution in [0.2, 0.25) is 0 Å². The number of hydrogen-bond acceptors (Lipinski definition) is 7. The maximum atomic E-state index is 12.9. The first-order valence-electron chi connectivity index (χ1n) is 9.87. The summed E-state index contributed by atoms with van der Waals surface area (Å²) in [5.74, 6) is 1.17. The Bertz CT molecular complexity index is 1390. The Balaban J connectivity index is 1.37. The molecule has 0 spiro atoms. The molecule has 0 unspecified atom stereocenters. The van der Waals surface area contributed by atoms with Crippen molar-refractivity contribution in [2.75, 3.05) is 17.9 Å². The first kappa shape index (κ1) is 20.6. The van der Waals surface area contributed by atoms with Crippen molar-refractivity contribution in [1.29, 1.82) is 0 Å². The lowest BCUT2D eigenvalue weighted by molar-refractivity contribution is -0.113. The SMILES string of the molecule is Cc1ccc(-c2csc3c(=O)n(C)c(SCC(=O)Nc4ccc5c(c4)OCO5)nc23)cc1. The molecule has 1 N–H and O–H groups in total. The number of carbonyl (C=O) groups is 1. The Morgan fingerprint density at radius 2 is 1.97 bits per heavy atom. The fourth-order valence-electron chi connectivity index (χ4n) is 3.39. The summed E-state index contributed by atoms with van der Waals surface area (Å²) in [7, 11) is 1.68. The fraction of sp³-hybridized carbons (Fsp3) is 0.174. The van der Waals surface area contributed by atoms with Crippen molar-refractivity contribution in [2.45, 2.75) is 12.1 Å². The molecule has 2 aromatic heterocycles. The molecule has 0 aliphatic carbocycles. The molecule has 1 amide bonds. The maximum absolute atomic E-state index is 12.9. The largest absolute Gasteiger partial charge is 0.454 e. The monoisotopic (exact) mass is 465 g/mol. The minimum absolute atomic E-state index is 0.114. The number of fused-ring (bicyclic) bond motifs is 2. The Morgan fingerprint density at radius 3 is 2.78 bits per heavy atom. The number of nitrogens with zero attached hydrogens (tertiary/aromatic N) is 2. The van der Waals surface area contributed by atoms with Gasteiger partial charge in [-0.2, -0.15) is 0 Å². The highest BCUT2D eigenvalue weighted by Crippen LogP contribution is 2.35. The van der Waals surface area contributed by atoms with Crippen molar-refractivity contribution in [3.63, 3.8) is 0 Å². The normalized spacial score (nSPS) is 12.3. The summed E-state index contributed by atoms with van der Waals surface area (Å²) in [5.41, 5.74) is 4.28. The molecule has 7 nitrogen and oxygen atoms in total. The van der Waals surface area contributed by atoms with E-state index in [1.807, 2.05) is 36.6 Å². The van der Waals surface area contributed by atoms with Crippen LogP contribution in [-0.2, 0) is 11.8 Å². The number of aromatic nitrogens is 2. The van der Waals surface area contributed by atoms with Gasteiger partial charge >= 0.3 is 0 Å². The lowest BCUT2D eigenvalue weighted by Gasteiger charge is -2.09. The summed E-state index contributed by atoms with van der Waals surface area (Å²) < 4.78 is 12.7. The second kappa shape index (κ2) is 8.33. The van der Waals surface area contributed by atoms with Crippen molar-refractivity contribution in [3.05, 3.63) is 63.8 Å². The Kier molecular flexibility index (Phi) is 5.36. The van der Waals surface area contributed by atoms with Crippen LogP contribution in [0.4, 0.5) is 5.69 Å². The minimum Gasteiger partial charge on any atom is -0.454 e. The Morgan fingerprint density at radius 1 is 1.19 bits per heavy atom. The highest BCUT2D eigenvalue weighted by Gasteiger charge is 2.17. The topological polar surface area (TPSA) is 82.5 Å². The van der Waals surface area contributed by atoms with Crippen molar-refractivity contribution >= 4 is 44.9 Å². The molecule has 5 rings (SSSR count). The molecule has 9 heteroatoms. The van der Waals surface area contributed by atoms with Gasteiger partial charge in [0, 0.05) is 29.7 Å². The van der Waals surface area contributed by atoms with Crippen molar-refractivity contribution in [1.82, 2.24) is 9.55 Å². The number of amides is 1. The molecule has 1 aliphatic rings. The van der Waals surface area contributed by atoms with Crippen LogP contribution in [0.3, 0.4) is 0 Å². The van der Waals surface area contributed by atoms with E-state index in [1.165, 1.54) is 33.2 Å². The number of thiophene rings is 1. The van der Waals surface area contributed by atoms with Gasteiger partial charge in [0.05, 0.1) is 11.3 Å². The van der Waals surface area contributed by atoms with Crippen LogP contribution in [0.25, 0.3) is 21.3 Å². The molecular weight excluding hydrogens is 446 g/mol. The summed E-state index contributed by atoms with van der Waals surface area (Å²) in [6.45, 7) is 2.21. The van der Waals surface area contributed by atoms with Gasteiger partial charge in [-0.15, -0.1) is 11.3 Å². The molecule has 0 bridgehead atoms. The number of thioether (sulfide) groups is 1. The highest BCUT2D eigenvalue weighted by atomic mass is 32.2. The lowest BCUT2D eigenvalue weighted by Crippen LogP contribution is -2.20. The van der Waals surface area contributed by atoms with E-state index in [9.17, 15) is 9.59 Å². The van der Waals surface area contributed by atoms with E-state index < -0.39 is 0 Å². The number of ether oxygens (including phenoxy) is 2. The molecule has 0 atom stereocenters. The Labute approximate surface area is 192 Å². The van der Waals surface area contributed by atoms with Gasteiger partial charge in [0.1, 0.15) is 4.70 Å². The van der Waals surface area contributed by atoms with Gasteiger partial charge < -0.3 is 14.8 Å². The summed E-state index contributed by atoms with van der Waals surface area (Å²) >= 11 is 2.62. The van der Waals surface area contributed by atoms with Crippen LogP contribution in [-0.4, -0.2) is 28.0 Å². The molecule has 4 aromatic rings.